The number of carboxylic acids is 2. The van der Waals surface area contributed by atoms with Gasteiger partial charge in [0.1, 0.15) is 0 Å². The van der Waals surface area contributed by atoms with Gasteiger partial charge in [-0.05, 0) is 55.3 Å². The quantitative estimate of drug-likeness (QED) is 0.500. The lowest BCUT2D eigenvalue weighted by molar-refractivity contribution is -0.159. The Morgan fingerprint density at radius 2 is 1.42 bits per heavy atom. The smallest absolute Gasteiger partial charge is 0.416 e. The first-order valence-electron chi connectivity index (χ1n) is 10.1. The molecule has 2 aromatic rings. The standard InChI is InChI=1S/C21H25F3N2O.C2H2O4/c1-3-4-5-16-8-12-19(13-9-16)25-20(27)15-26(2)14-17-6-10-18(11-7-17)21(22,23)24;3-1(4)2(5)6/h6-13H,3-5,14-15H2,1-2H3,(H,25,27);(H,3,4)(H,5,6). The van der Waals surface area contributed by atoms with Crippen LogP contribution in [0.3, 0.4) is 0 Å². The molecule has 0 aliphatic rings. The van der Waals surface area contributed by atoms with E-state index in [0.29, 0.717) is 6.54 Å². The summed E-state index contributed by atoms with van der Waals surface area (Å²) in [6.45, 7) is 2.69. The zero-order valence-corrected chi connectivity index (χ0v) is 18.4. The van der Waals surface area contributed by atoms with E-state index in [2.05, 4.69) is 12.2 Å². The Balaban J connectivity index is 0.000000801. The number of hydrogen-bond donors (Lipinski definition) is 3. The van der Waals surface area contributed by atoms with Gasteiger partial charge in [0.05, 0.1) is 12.1 Å². The number of carbonyl (C=O) groups is 3. The van der Waals surface area contributed by atoms with E-state index < -0.39 is 23.7 Å². The number of aryl methyl sites for hydroxylation is 1. The van der Waals surface area contributed by atoms with E-state index in [1.165, 1.54) is 17.7 Å². The molecule has 0 saturated heterocycles. The van der Waals surface area contributed by atoms with Gasteiger partial charge in [-0.2, -0.15) is 13.2 Å². The molecule has 3 N–H and O–H groups in total. The van der Waals surface area contributed by atoms with Crippen molar-refractivity contribution in [3.8, 4) is 0 Å². The summed E-state index contributed by atoms with van der Waals surface area (Å²) in [6, 6.07) is 12.8. The van der Waals surface area contributed by atoms with Crippen LogP contribution < -0.4 is 5.32 Å². The van der Waals surface area contributed by atoms with Crippen LogP contribution in [0.1, 0.15) is 36.5 Å². The van der Waals surface area contributed by atoms with Crippen LogP contribution in [0.5, 0.6) is 0 Å². The minimum atomic E-state index is -4.34. The number of anilines is 1. The van der Waals surface area contributed by atoms with E-state index in [1.807, 2.05) is 24.3 Å². The van der Waals surface area contributed by atoms with Crippen molar-refractivity contribution in [1.82, 2.24) is 4.90 Å². The van der Waals surface area contributed by atoms with Gasteiger partial charge in [-0.1, -0.05) is 37.6 Å². The second-order valence-corrected chi connectivity index (χ2v) is 7.33. The lowest BCUT2D eigenvalue weighted by Crippen LogP contribution is -2.29. The monoisotopic (exact) mass is 468 g/mol. The molecule has 0 bridgehead atoms. The second-order valence-electron chi connectivity index (χ2n) is 7.33. The molecule has 2 rings (SSSR count). The topological polar surface area (TPSA) is 107 Å². The summed E-state index contributed by atoms with van der Waals surface area (Å²) in [5.74, 6) is -3.81. The number of nitrogens with zero attached hydrogens (tertiary/aromatic N) is 1. The number of carbonyl (C=O) groups excluding carboxylic acids is 1. The highest BCUT2D eigenvalue weighted by Gasteiger charge is 2.29. The first-order valence-corrected chi connectivity index (χ1v) is 10.1. The Kier molecular flexibility index (Phi) is 11.1. The molecule has 2 aromatic carbocycles. The van der Waals surface area contributed by atoms with Crippen LogP contribution in [-0.2, 0) is 33.5 Å². The Hall–Kier alpha value is -3.40. The van der Waals surface area contributed by atoms with Gasteiger partial charge in [-0.25, -0.2) is 9.59 Å². The van der Waals surface area contributed by atoms with E-state index in [-0.39, 0.29) is 12.5 Å². The number of unbranched alkanes of at least 4 members (excludes halogenated alkanes) is 1. The molecule has 0 saturated carbocycles. The first-order chi connectivity index (χ1) is 15.4. The number of carboxylic acid groups (broad SMARTS) is 2. The summed E-state index contributed by atoms with van der Waals surface area (Å²) in [5.41, 5.74) is 2.03. The van der Waals surface area contributed by atoms with Gasteiger partial charge in [-0.15, -0.1) is 0 Å². The van der Waals surface area contributed by atoms with E-state index in [0.717, 1.165) is 42.6 Å². The van der Waals surface area contributed by atoms with Crippen LogP contribution in [0, 0.1) is 0 Å². The third-order valence-corrected chi connectivity index (χ3v) is 4.39. The summed E-state index contributed by atoms with van der Waals surface area (Å²) in [5, 5.41) is 17.6. The Bertz CT molecular complexity index is 901. The number of likely N-dealkylation sites (N-methyl/N-ethyl adjacent to an activating group) is 1. The third kappa shape index (κ3) is 11.2. The number of hydrogen-bond acceptors (Lipinski definition) is 4. The normalized spacial score (nSPS) is 10.8. The van der Waals surface area contributed by atoms with Gasteiger partial charge < -0.3 is 15.5 Å². The fourth-order valence-corrected chi connectivity index (χ4v) is 2.75. The molecule has 0 aliphatic carbocycles. The first kappa shape index (κ1) is 27.6. The molecule has 0 fully saturated rings. The number of rotatable bonds is 8. The highest BCUT2D eigenvalue weighted by molar-refractivity contribution is 6.27. The average molecular weight is 468 g/mol. The van der Waals surface area contributed by atoms with Crippen LogP contribution >= 0.6 is 0 Å². The molecule has 7 nitrogen and oxygen atoms in total. The van der Waals surface area contributed by atoms with Gasteiger partial charge in [0.2, 0.25) is 5.91 Å². The number of halogens is 3. The van der Waals surface area contributed by atoms with Crippen molar-refractivity contribution >= 4 is 23.5 Å². The predicted octanol–water partition coefficient (Wildman–Crippen LogP) is 4.27. The minimum absolute atomic E-state index is 0.151. The minimum Gasteiger partial charge on any atom is -0.473 e. The number of benzene rings is 2. The van der Waals surface area contributed by atoms with Crippen molar-refractivity contribution in [3.05, 3.63) is 65.2 Å². The molecule has 0 unspecified atom stereocenters. The number of nitrogens with one attached hydrogen (secondary N) is 1. The van der Waals surface area contributed by atoms with E-state index in [4.69, 9.17) is 19.8 Å². The summed E-state index contributed by atoms with van der Waals surface area (Å²) < 4.78 is 37.8. The van der Waals surface area contributed by atoms with Crippen LogP contribution in [0.4, 0.5) is 18.9 Å². The van der Waals surface area contributed by atoms with Crippen molar-refractivity contribution in [2.75, 3.05) is 18.9 Å². The van der Waals surface area contributed by atoms with Gasteiger partial charge in [-0.3, -0.25) is 9.69 Å². The Morgan fingerprint density at radius 1 is 0.909 bits per heavy atom. The van der Waals surface area contributed by atoms with Crippen LogP contribution in [0.25, 0.3) is 0 Å². The van der Waals surface area contributed by atoms with Crippen molar-refractivity contribution in [2.24, 2.45) is 0 Å². The second kappa shape index (κ2) is 13.2. The van der Waals surface area contributed by atoms with Crippen molar-refractivity contribution in [1.29, 1.82) is 0 Å². The molecule has 180 valence electrons. The van der Waals surface area contributed by atoms with E-state index >= 15 is 0 Å². The van der Waals surface area contributed by atoms with Crippen LogP contribution in [0.15, 0.2) is 48.5 Å². The largest absolute Gasteiger partial charge is 0.473 e. The number of amides is 1. The summed E-state index contributed by atoms with van der Waals surface area (Å²) in [4.78, 5) is 32.1. The van der Waals surface area contributed by atoms with E-state index in [9.17, 15) is 18.0 Å². The molecule has 0 atom stereocenters. The Morgan fingerprint density at radius 3 is 1.88 bits per heavy atom. The number of alkyl halides is 3. The number of aliphatic carboxylic acids is 2. The molecule has 0 aliphatic heterocycles. The Labute approximate surface area is 189 Å². The lowest BCUT2D eigenvalue weighted by atomic mass is 10.1. The SMILES string of the molecule is CCCCc1ccc(NC(=O)CN(C)Cc2ccc(C(F)(F)F)cc2)cc1.O=C(O)C(=O)O. The van der Waals surface area contributed by atoms with Gasteiger partial charge in [0.15, 0.2) is 0 Å². The summed E-state index contributed by atoms with van der Waals surface area (Å²) in [7, 11) is 1.76. The average Bonchev–Trinajstić information content (AvgIpc) is 2.73. The zero-order valence-electron chi connectivity index (χ0n) is 18.4. The maximum absolute atomic E-state index is 12.6. The molecular formula is C23H27F3N2O5. The third-order valence-electron chi connectivity index (χ3n) is 4.39. The molecule has 1 amide bonds. The van der Waals surface area contributed by atoms with E-state index in [1.54, 1.807) is 11.9 Å². The zero-order chi connectivity index (χ0) is 25.0. The highest BCUT2D eigenvalue weighted by atomic mass is 19.4. The molecule has 0 spiro atoms. The molecule has 0 aromatic heterocycles. The van der Waals surface area contributed by atoms with Crippen LogP contribution in [0.2, 0.25) is 0 Å². The highest BCUT2D eigenvalue weighted by Crippen LogP contribution is 2.29. The maximum atomic E-state index is 12.6. The fourth-order valence-electron chi connectivity index (χ4n) is 2.75. The lowest BCUT2D eigenvalue weighted by Gasteiger charge is -2.17. The van der Waals surface area contributed by atoms with Gasteiger partial charge in [0, 0.05) is 12.2 Å². The summed E-state index contributed by atoms with van der Waals surface area (Å²) in [6.07, 6.45) is -1.03. The molecule has 0 heterocycles. The van der Waals surface area contributed by atoms with Crippen molar-refractivity contribution in [3.63, 3.8) is 0 Å². The van der Waals surface area contributed by atoms with Crippen LogP contribution in [-0.4, -0.2) is 46.6 Å². The fraction of sp³-hybridized carbons (Fsp3) is 0.348. The van der Waals surface area contributed by atoms with Crippen molar-refractivity contribution in [2.45, 2.75) is 38.9 Å². The molecule has 33 heavy (non-hydrogen) atoms. The molecular weight excluding hydrogens is 441 g/mol. The van der Waals surface area contributed by atoms with Gasteiger partial charge >= 0.3 is 18.1 Å². The molecule has 10 heteroatoms. The molecule has 0 radical (unpaired) electrons. The van der Waals surface area contributed by atoms with Crippen molar-refractivity contribution < 1.29 is 37.8 Å². The maximum Gasteiger partial charge on any atom is 0.416 e. The predicted molar refractivity (Wildman–Crippen MR) is 117 cm³/mol. The summed E-state index contributed by atoms with van der Waals surface area (Å²) >= 11 is 0. The van der Waals surface area contributed by atoms with Gasteiger partial charge in [0.25, 0.3) is 0 Å².